The Morgan fingerprint density at radius 3 is 1.36 bits per heavy atom. The minimum Gasteiger partial charge on any atom is -0.294 e. The summed E-state index contributed by atoms with van der Waals surface area (Å²) in [6.45, 7) is 2.59. The van der Waals surface area contributed by atoms with Crippen molar-refractivity contribution in [2.45, 2.75) is 0 Å². The smallest absolute Gasteiger partial charge is 0.269 e. The molecule has 0 unspecified atom stereocenters. The lowest BCUT2D eigenvalue weighted by molar-refractivity contribution is -0.385. The fraction of sp³-hybridized carbons (Fsp3) is 0.200. The maximum absolute atomic E-state index is 10.7. The van der Waals surface area contributed by atoms with Gasteiger partial charge in [0.25, 0.3) is 11.4 Å². The SMILES string of the molecule is O=[N+]([O-])c1ccc(/C=N\NC(=S)NN2CCN(NC(=S)N/N=C\c3ccc([N+](=O)[O-])cc3)CC2)cc1. The lowest BCUT2D eigenvalue weighted by atomic mass is 10.2. The third kappa shape index (κ3) is 8.58. The van der Waals surface area contributed by atoms with E-state index in [4.69, 9.17) is 24.4 Å². The number of nitro benzene ring substituents is 2. The van der Waals surface area contributed by atoms with Crippen molar-refractivity contribution in [1.82, 2.24) is 31.7 Å². The Labute approximate surface area is 216 Å². The van der Waals surface area contributed by atoms with E-state index in [0.29, 0.717) is 47.5 Å². The van der Waals surface area contributed by atoms with Gasteiger partial charge < -0.3 is 0 Å². The molecular formula is C20H22N10O4S2. The van der Waals surface area contributed by atoms with E-state index in [2.05, 4.69) is 31.9 Å². The van der Waals surface area contributed by atoms with E-state index in [1.54, 1.807) is 24.3 Å². The quantitative estimate of drug-likeness (QED) is 0.167. The zero-order valence-electron chi connectivity index (χ0n) is 18.7. The number of nitro groups is 2. The van der Waals surface area contributed by atoms with Gasteiger partial charge in [-0.2, -0.15) is 10.2 Å². The number of piperazine rings is 1. The Bertz CT molecular complexity index is 1060. The third-order valence-corrected chi connectivity index (χ3v) is 5.13. The lowest BCUT2D eigenvalue weighted by Gasteiger charge is -2.35. The normalized spacial score (nSPS) is 14.4. The molecule has 36 heavy (non-hydrogen) atoms. The molecule has 0 aliphatic carbocycles. The van der Waals surface area contributed by atoms with Crippen LogP contribution in [0, 0.1) is 20.2 Å². The second-order valence-electron chi connectivity index (χ2n) is 7.29. The van der Waals surface area contributed by atoms with Crippen molar-refractivity contribution >= 4 is 58.5 Å². The van der Waals surface area contributed by atoms with Crippen LogP contribution in [-0.2, 0) is 0 Å². The second-order valence-corrected chi connectivity index (χ2v) is 8.11. The topological polar surface area (TPSA) is 166 Å². The van der Waals surface area contributed by atoms with Crippen molar-refractivity contribution in [2.75, 3.05) is 26.2 Å². The summed E-state index contributed by atoms with van der Waals surface area (Å²) in [7, 11) is 0. The molecule has 1 aliphatic rings. The first-order chi connectivity index (χ1) is 17.3. The predicted molar refractivity (Wildman–Crippen MR) is 142 cm³/mol. The molecule has 0 atom stereocenters. The molecular weight excluding hydrogens is 508 g/mol. The first-order valence-corrected chi connectivity index (χ1v) is 11.3. The minimum atomic E-state index is -0.462. The van der Waals surface area contributed by atoms with Crippen molar-refractivity contribution in [3.8, 4) is 0 Å². The zero-order valence-corrected chi connectivity index (χ0v) is 20.4. The number of thiocarbonyl (C=S) groups is 2. The highest BCUT2D eigenvalue weighted by Gasteiger charge is 2.17. The fourth-order valence-electron chi connectivity index (χ4n) is 2.96. The summed E-state index contributed by atoms with van der Waals surface area (Å²) in [6.07, 6.45) is 3.02. The Morgan fingerprint density at radius 2 is 1.06 bits per heavy atom. The summed E-state index contributed by atoms with van der Waals surface area (Å²) >= 11 is 10.5. The molecule has 2 aromatic rings. The van der Waals surface area contributed by atoms with E-state index in [-0.39, 0.29) is 11.4 Å². The van der Waals surface area contributed by atoms with E-state index < -0.39 is 9.85 Å². The van der Waals surface area contributed by atoms with Gasteiger partial charge in [-0.1, -0.05) is 0 Å². The lowest BCUT2D eigenvalue weighted by Crippen LogP contribution is -2.59. The molecule has 0 spiro atoms. The molecule has 1 saturated heterocycles. The largest absolute Gasteiger partial charge is 0.294 e. The summed E-state index contributed by atoms with van der Waals surface area (Å²) < 4.78 is 0. The third-order valence-electron chi connectivity index (χ3n) is 4.77. The average molecular weight is 531 g/mol. The first-order valence-electron chi connectivity index (χ1n) is 10.5. The van der Waals surface area contributed by atoms with Gasteiger partial charge in [-0.15, -0.1) is 0 Å². The number of benzene rings is 2. The van der Waals surface area contributed by atoms with Gasteiger partial charge in [-0.05, 0) is 59.8 Å². The highest BCUT2D eigenvalue weighted by atomic mass is 32.1. The molecule has 0 bridgehead atoms. The Kier molecular flexibility index (Phi) is 9.64. The molecule has 0 aromatic heterocycles. The van der Waals surface area contributed by atoms with Crippen molar-refractivity contribution in [3.05, 3.63) is 79.9 Å². The van der Waals surface area contributed by atoms with E-state index in [1.807, 2.05) is 10.0 Å². The first kappa shape index (κ1) is 26.5. The molecule has 1 aliphatic heterocycles. The molecule has 16 heteroatoms. The molecule has 4 N–H and O–H groups in total. The van der Waals surface area contributed by atoms with Gasteiger partial charge in [-0.3, -0.25) is 41.9 Å². The molecule has 188 valence electrons. The number of rotatable bonds is 8. The van der Waals surface area contributed by atoms with Crippen molar-refractivity contribution in [1.29, 1.82) is 0 Å². The highest BCUT2D eigenvalue weighted by molar-refractivity contribution is 7.80. The van der Waals surface area contributed by atoms with E-state index in [0.717, 1.165) is 0 Å². The molecule has 0 radical (unpaired) electrons. The number of hydrazone groups is 2. The van der Waals surface area contributed by atoms with Crippen LogP contribution >= 0.6 is 24.4 Å². The maximum atomic E-state index is 10.7. The number of nitrogens with one attached hydrogen (secondary N) is 4. The van der Waals surface area contributed by atoms with E-state index in [9.17, 15) is 20.2 Å². The molecule has 3 rings (SSSR count). The molecule has 1 fully saturated rings. The number of nitrogens with zero attached hydrogens (tertiary/aromatic N) is 6. The monoisotopic (exact) mass is 530 g/mol. The molecule has 1 heterocycles. The van der Waals surface area contributed by atoms with Gasteiger partial charge in [0.15, 0.2) is 0 Å². The van der Waals surface area contributed by atoms with Crippen LogP contribution in [-0.4, -0.2) is 68.7 Å². The van der Waals surface area contributed by atoms with E-state index in [1.165, 1.54) is 36.7 Å². The summed E-state index contributed by atoms with van der Waals surface area (Å²) in [4.78, 5) is 20.4. The summed E-state index contributed by atoms with van der Waals surface area (Å²) in [6, 6.07) is 12.0. The van der Waals surface area contributed by atoms with Gasteiger partial charge in [-0.25, -0.2) is 10.0 Å². The van der Waals surface area contributed by atoms with E-state index >= 15 is 0 Å². The Morgan fingerprint density at radius 1 is 0.722 bits per heavy atom. The minimum absolute atomic E-state index is 0.0115. The van der Waals surface area contributed by atoms with Gasteiger partial charge in [0, 0.05) is 50.4 Å². The maximum Gasteiger partial charge on any atom is 0.269 e. The van der Waals surface area contributed by atoms with Crippen molar-refractivity contribution in [3.63, 3.8) is 0 Å². The predicted octanol–water partition coefficient (Wildman–Crippen LogP) is 1.25. The van der Waals surface area contributed by atoms with Crippen LogP contribution < -0.4 is 21.7 Å². The average Bonchev–Trinajstić information content (AvgIpc) is 2.86. The van der Waals surface area contributed by atoms with Crippen LogP contribution in [0.2, 0.25) is 0 Å². The van der Waals surface area contributed by atoms with Crippen LogP contribution in [0.15, 0.2) is 58.7 Å². The van der Waals surface area contributed by atoms with Crippen LogP contribution in [0.3, 0.4) is 0 Å². The fourth-order valence-corrected chi connectivity index (χ4v) is 3.33. The van der Waals surface area contributed by atoms with Crippen LogP contribution in [0.25, 0.3) is 0 Å². The van der Waals surface area contributed by atoms with Gasteiger partial charge in [0.05, 0.1) is 22.3 Å². The molecule has 0 saturated carbocycles. The van der Waals surface area contributed by atoms with Crippen LogP contribution in [0.4, 0.5) is 11.4 Å². The standard InChI is InChI=1S/C20H22N10O4S2/c31-29(32)17-5-1-15(2-6-17)13-21-23-19(35)25-27-9-11-28(12-10-27)26-20(36)24-22-14-16-3-7-18(8-4-16)30(33)34/h1-8,13-14H,9-12H2,(H2,23,25,35)(H2,24,26,36)/b21-13-,22-14-. The Balaban J connectivity index is 1.32. The van der Waals surface area contributed by atoms with Gasteiger partial charge >= 0.3 is 0 Å². The number of hydrazine groups is 2. The summed E-state index contributed by atoms with van der Waals surface area (Å²) in [5.41, 5.74) is 12.9. The number of non-ortho nitro benzene ring substituents is 2. The number of hydrogen-bond acceptors (Lipinski definition) is 10. The van der Waals surface area contributed by atoms with Crippen molar-refractivity contribution in [2.24, 2.45) is 10.2 Å². The van der Waals surface area contributed by atoms with Crippen LogP contribution in [0.1, 0.15) is 11.1 Å². The van der Waals surface area contributed by atoms with Crippen LogP contribution in [0.5, 0.6) is 0 Å². The number of hydrogen-bond donors (Lipinski definition) is 4. The van der Waals surface area contributed by atoms with Gasteiger partial charge in [0.1, 0.15) is 0 Å². The molecule has 2 aromatic carbocycles. The van der Waals surface area contributed by atoms with Gasteiger partial charge in [0.2, 0.25) is 10.2 Å². The Hall–Kier alpha value is -4.12. The molecule has 14 nitrogen and oxygen atoms in total. The summed E-state index contributed by atoms with van der Waals surface area (Å²) in [5, 5.41) is 33.9. The zero-order chi connectivity index (χ0) is 25.9. The molecule has 0 amide bonds. The second kappa shape index (κ2) is 13.1. The highest BCUT2D eigenvalue weighted by Crippen LogP contribution is 2.11. The van der Waals surface area contributed by atoms with Crippen molar-refractivity contribution < 1.29 is 9.85 Å². The summed E-state index contributed by atoms with van der Waals surface area (Å²) in [5.74, 6) is 0.